The number of rotatable bonds is 3. The zero-order valence-electron chi connectivity index (χ0n) is 13.3. The van der Waals surface area contributed by atoms with Crippen molar-refractivity contribution in [2.24, 2.45) is 10.1 Å². The van der Waals surface area contributed by atoms with Crippen LogP contribution >= 0.6 is 23.4 Å². The van der Waals surface area contributed by atoms with E-state index in [1.807, 2.05) is 42.5 Å². The Bertz CT molecular complexity index is 910. The Morgan fingerprint density at radius 1 is 1.24 bits per heavy atom. The van der Waals surface area contributed by atoms with Crippen molar-refractivity contribution in [1.29, 1.82) is 0 Å². The summed E-state index contributed by atoms with van der Waals surface area (Å²) in [6.07, 6.45) is 0.454. The molecule has 0 aromatic heterocycles. The van der Waals surface area contributed by atoms with Gasteiger partial charge in [0, 0.05) is 22.0 Å². The van der Waals surface area contributed by atoms with Gasteiger partial charge in [-0.3, -0.25) is 15.2 Å². The summed E-state index contributed by atoms with van der Waals surface area (Å²) in [6, 6.07) is 13.6. The number of nitrogens with zero attached hydrogens (tertiary/aromatic N) is 2. The van der Waals surface area contributed by atoms with E-state index in [4.69, 9.17) is 11.6 Å². The van der Waals surface area contributed by atoms with Gasteiger partial charge in [0.1, 0.15) is 0 Å². The van der Waals surface area contributed by atoms with Crippen LogP contribution in [0, 0.1) is 0 Å². The number of carbonyl (C=O) groups excluding carboxylic acids is 1. The minimum absolute atomic E-state index is 0.0423. The third kappa shape index (κ3) is 3.70. The lowest BCUT2D eigenvalue weighted by Gasteiger charge is -2.15. The molecule has 2 N–H and O–H groups in total. The lowest BCUT2D eigenvalue weighted by atomic mass is 10.1. The van der Waals surface area contributed by atoms with Crippen LogP contribution in [-0.4, -0.2) is 22.5 Å². The molecule has 0 saturated heterocycles. The standard InChI is InChI=1S/C18H15ClN4OS/c19-14-3-1-2-11(6-14)9-20-18-23-22-16(10-25-18)12-4-5-13-8-17(24)21-15(13)7-12/h1-7H,8-10H2,(H,20,23)(H,21,24). The van der Waals surface area contributed by atoms with Crippen LogP contribution in [0.4, 0.5) is 5.69 Å². The average Bonchev–Trinajstić information content (AvgIpc) is 2.99. The van der Waals surface area contributed by atoms with Crippen molar-refractivity contribution in [2.75, 3.05) is 11.1 Å². The number of amides is 1. The third-order valence-electron chi connectivity index (χ3n) is 3.99. The van der Waals surface area contributed by atoms with Crippen molar-refractivity contribution in [3.05, 3.63) is 64.2 Å². The summed E-state index contributed by atoms with van der Waals surface area (Å²) >= 11 is 7.60. The molecule has 0 radical (unpaired) electrons. The first kappa shape index (κ1) is 16.2. The summed E-state index contributed by atoms with van der Waals surface area (Å²) in [5, 5.41) is 8.81. The van der Waals surface area contributed by atoms with Gasteiger partial charge in [-0.1, -0.05) is 47.6 Å². The minimum atomic E-state index is 0.0423. The van der Waals surface area contributed by atoms with Crippen LogP contribution in [0.15, 0.2) is 52.6 Å². The van der Waals surface area contributed by atoms with Crippen molar-refractivity contribution in [1.82, 2.24) is 5.43 Å². The molecule has 1 amide bonds. The Morgan fingerprint density at radius 3 is 2.96 bits per heavy atom. The quantitative estimate of drug-likeness (QED) is 0.869. The van der Waals surface area contributed by atoms with E-state index in [1.165, 1.54) is 0 Å². The number of hydrazone groups is 1. The fraction of sp³-hybridized carbons (Fsp3) is 0.167. The van der Waals surface area contributed by atoms with Crippen molar-refractivity contribution in [3.63, 3.8) is 0 Å². The predicted molar refractivity (Wildman–Crippen MR) is 103 cm³/mol. The number of halogens is 1. The maximum atomic E-state index is 11.5. The summed E-state index contributed by atoms with van der Waals surface area (Å²) in [4.78, 5) is 16.0. The van der Waals surface area contributed by atoms with Crippen LogP contribution in [0.1, 0.15) is 16.7 Å². The van der Waals surface area contributed by atoms with E-state index in [9.17, 15) is 4.79 Å². The number of hydrogen-bond acceptors (Lipinski definition) is 4. The average molecular weight is 371 g/mol. The highest BCUT2D eigenvalue weighted by molar-refractivity contribution is 8.14. The molecule has 0 fully saturated rings. The fourth-order valence-corrected chi connectivity index (χ4v) is 3.72. The van der Waals surface area contributed by atoms with Gasteiger partial charge in [0.15, 0.2) is 5.17 Å². The number of hydrogen-bond donors (Lipinski definition) is 2. The van der Waals surface area contributed by atoms with Crippen molar-refractivity contribution >= 4 is 45.8 Å². The van der Waals surface area contributed by atoms with Gasteiger partial charge in [0.05, 0.1) is 18.7 Å². The Kier molecular flexibility index (Phi) is 4.46. The molecule has 0 bridgehead atoms. The highest BCUT2D eigenvalue weighted by Crippen LogP contribution is 2.25. The number of thioether (sulfide) groups is 1. The van der Waals surface area contributed by atoms with Gasteiger partial charge in [-0.05, 0) is 29.3 Å². The van der Waals surface area contributed by atoms with E-state index >= 15 is 0 Å². The number of carbonyl (C=O) groups is 1. The van der Waals surface area contributed by atoms with E-state index in [1.54, 1.807) is 11.8 Å². The molecule has 0 aliphatic carbocycles. The summed E-state index contributed by atoms with van der Waals surface area (Å²) in [7, 11) is 0. The number of amidine groups is 1. The molecule has 0 saturated carbocycles. The Balaban J connectivity index is 1.45. The zero-order chi connectivity index (χ0) is 17.2. The van der Waals surface area contributed by atoms with Gasteiger partial charge in [-0.15, -0.1) is 0 Å². The van der Waals surface area contributed by atoms with Crippen LogP contribution in [0.3, 0.4) is 0 Å². The van der Waals surface area contributed by atoms with Crippen LogP contribution in [-0.2, 0) is 17.8 Å². The lowest BCUT2D eigenvalue weighted by molar-refractivity contribution is -0.115. The third-order valence-corrected chi connectivity index (χ3v) is 5.14. The van der Waals surface area contributed by atoms with Gasteiger partial charge in [0.25, 0.3) is 0 Å². The Labute approximate surface area is 154 Å². The summed E-state index contributed by atoms with van der Waals surface area (Å²) in [6.45, 7) is 0.561. The molecule has 25 heavy (non-hydrogen) atoms. The summed E-state index contributed by atoms with van der Waals surface area (Å²) < 4.78 is 0. The number of benzene rings is 2. The normalized spacial score (nSPS) is 17.7. The largest absolute Gasteiger partial charge is 0.326 e. The zero-order valence-corrected chi connectivity index (χ0v) is 14.8. The van der Waals surface area contributed by atoms with Crippen molar-refractivity contribution in [3.8, 4) is 0 Å². The molecule has 5 nitrogen and oxygen atoms in total. The second-order valence-electron chi connectivity index (χ2n) is 5.81. The van der Waals surface area contributed by atoms with Gasteiger partial charge in [0.2, 0.25) is 5.91 Å². The predicted octanol–water partition coefficient (Wildman–Crippen LogP) is 3.43. The SMILES string of the molecule is O=C1Cc2ccc(C3=NNC(=NCc4cccc(Cl)c4)SC3)cc2N1. The first-order valence-corrected chi connectivity index (χ1v) is 9.21. The summed E-state index contributed by atoms with van der Waals surface area (Å²) in [5.74, 6) is 0.773. The first-order valence-electron chi connectivity index (χ1n) is 7.85. The van der Waals surface area contributed by atoms with Crippen LogP contribution < -0.4 is 10.7 Å². The molecule has 7 heteroatoms. The molecule has 0 spiro atoms. The molecule has 2 heterocycles. The van der Waals surface area contributed by atoms with Crippen molar-refractivity contribution < 1.29 is 4.79 Å². The van der Waals surface area contributed by atoms with E-state index in [-0.39, 0.29) is 5.91 Å². The van der Waals surface area contributed by atoms with Crippen molar-refractivity contribution in [2.45, 2.75) is 13.0 Å². The lowest BCUT2D eigenvalue weighted by Crippen LogP contribution is -2.25. The minimum Gasteiger partial charge on any atom is -0.326 e. The van der Waals surface area contributed by atoms with E-state index in [2.05, 4.69) is 20.8 Å². The molecule has 2 aromatic carbocycles. The topological polar surface area (TPSA) is 65.8 Å². The monoisotopic (exact) mass is 370 g/mol. The first-order chi connectivity index (χ1) is 12.2. The summed E-state index contributed by atoms with van der Waals surface area (Å²) in [5.41, 5.74) is 7.94. The second kappa shape index (κ2) is 6.90. The molecule has 2 aromatic rings. The molecule has 2 aliphatic rings. The smallest absolute Gasteiger partial charge is 0.228 e. The molecular formula is C18H15ClN4OS. The highest BCUT2D eigenvalue weighted by atomic mass is 35.5. The molecule has 4 rings (SSSR count). The molecule has 126 valence electrons. The number of anilines is 1. The Hall–Kier alpha value is -2.31. The van der Waals surface area contributed by atoms with Gasteiger partial charge >= 0.3 is 0 Å². The maximum Gasteiger partial charge on any atom is 0.228 e. The number of nitrogens with one attached hydrogen (secondary N) is 2. The maximum absolute atomic E-state index is 11.5. The fourth-order valence-electron chi connectivity index (χ4n) is 2.74. The Morgan fingerprint density at radius 2 is 2.16 bits per heavy atom. The van der Waals surface area contributed by atoms with Gasteiger partial charge < -0.3 is 5.32 Å². The second-order valence-corrected chi connectivity index (χ2v) is 7.21. The molecule has 0 unspecified atom stereocenters. The van der Waals surface area contributed by atoms with Crippen LogP contribution in [0.2, 0.25) is 5.02 Å². The molecule has 2 aliphatic heterocycles. The van der Waals surface area contributed by atoms with Gasteiger partial charge in [-0.2, -0.15) is 5.10 Å². The van der Waals surface area contributed by atoms with E-state index in [0.29, 0.717) is 18.0 Å². The van der Waals surface area contributed by atoms with Crippen LogP contribution in [0.25, 0.3) is 0 Å². The molecular weight excluding hydrogens is 356 g/mol. The van der Waals surface area contributed by atoms with Gasteiger partial charge in [-0.25, -0.2) is 0 Å². The highest BCUT2D eigenvalue weighted by Gasteiger charge is 2.20. The van der Waals surface area contributed by atoms with E-state index < -0.39 is 0 Å². The van der Waals surface area contributed by atoms with E-state index in [0.717, 1.165) is 39.0 Å². The molecule has 0 atom stereocenters. The number of aliphatic imine (C=N–C) groups is 1. The number of fused-ring (bicyclic) bond motifs is 1. The van der Waals surface area contributed by atoms with Crippen LogP contribution in [0.5, 0.6) is 0 Å².